The van der Waals surface area contributed by atoms with Crippen molar-refractivity contribution in [1.29, 1.82) is 0 Å². The lowest BCUT2D eigenvalue weighted by molar-refractivity contribution is 0.794. The molecule has 0 aliphatic carbocycles. The first-order chi connectivity index (χ1) is 10.8. The number of nitrogens with one attached hydrogen (secondary N) is 2. The fraction of sp³-hybridized carbons (Fsp3) is 0.353. The molecular formula is C17H24IN5. The van der Waals surface area contributed by atoms with E-state index in [0.717, 1.165) is 36.9 Å². The van der Waals surface area contributed by atoms with Gasteiger partial charge in [-0.3, -0.25) is 9.97 Å². The molecule has 2 aromatic rings. The van der Waals surface area contributed by atoms with Gasteiger partial charge in [-0.05, 0) is 44.0 Å². The van der Waals surface area contributed by atoms with Crippen molar-refractivity contribution in [2.75, 3.05) is 13.1 Å². The van der Waals surface area contributed by atoms with Gasteiger partial charge in [0.05, 0.1) is 12.2 Å². The van der Waals surface area contributed by atoms with Gasteiger partial charge in [-0.1, -0.05) is 12.1 Å². The van der Waals surface area contributed by atoms with E-state index in [4.69, 9.17) is 0 Å². The quantitative estimate of drug-likeness (QED) is 0.425. The van der Waals surface area contributed by atoms with Crippen LogP contribution < -0.4 is 10.6 Å². The summed E-state index contributed by atoms with van der Waals surface area (Å²) in [7, 11) is 0. The third-order valence-electron chi connectivity index (χ3n) is 3.15. The second-order valence-corrected chi connectivity index (χ2v) is 5.00. The molecule has 2 N–H and O–H groups in total. The molecular weight excluding hydrogens is 401 g/mol. The molecule has 0 bridgehead atoms. The summed E-state index contributed by atoms with van der Waals surface area (Å²) < 4.78 is 0. The molecule has 2 rings (SSSR count). The van der Waals surface area contributed by atoms with Crippen LogP contribution in [0.25, 0.3) is 0 Å². The summed E-state index contributed by atoms with van der Waals surface area (Å²) in [6.07, 6.45) is 4.63. The van der Waals surface area contributed by atoms with Gasteiger partial charge in [-0.25, -0.2) is 4.99 Å². The van der Waals surface area contributed by atoms with E-state index < -0.39 is 0 Å². The monoisotopic (exact) mass is 425 g/mol. The zero-order chi connectivity index (χ0) is 15.6. The fourth-order valence-electron chi connectivity index (χ4n) is 1.97. The van der Waals surface area contributed by atoms with Gasteiger partial charge < -0.3 is 10.6 Å². The molecule has 124 valence electrons. The molecule has 0 radical (unpaired) electrons. The number of halogens is 1. The SMILES string of the molecule is CCNC(=NCc1ccccn1)NCCc1ccc(C)nc1.I. The molecule has 2 heterocycles. The molecule has 0 aliphatic rings. The highest BCUT2D eigenvalue weighted by Crippen LogP contribution is 1.99. The van der Waals surface area contributed by atoms with E-state index in [1.54, 1.807) is 6.20 Å². The summed E-state index contributed by atoms with van der Waals surface area (Å²) in [5, 5.41) is 6.58. The van der Waals surface area contributed by atoms with Crippen molar-refractivity contribution in [3.63, 3.8) is 0 Å². The van der Waals surface area contributed by atoms with Gasteiger partial charge in [0.15, 0.2) is 5.96 Å². The Morgan fingerprint density at radius 2 is 2.00 bits per heavy atom. The molecule has 0 amide bonds. The van der Waals surface area contributed by atoms with E-state index in [-0.39, 0.29) is 24.0 Å². The van der Waals surface area contributed by atoms with Gasteiger partial charge in [0.25, 0.3) is 0 Å². The molecule has 0 aliphatic heterocycles. The van der Waals surface area contributed by atoms with Crippen molar-refractivity contribution in [3.8, 4) is 0 Å². The van der Waals surface area contributed by atoms with Crippen molar-refractivity contribution < 1.29 is 0 Å². The van der Waals surface area contributed by atoms with Crippen LogP contribution in [0.4, 0.5) is 0 Å². The fourth-order valence-corrected chi connectivity index (χ4v) is 1.97. The zero-order valence-electron chi connectivity index (χ0n) is 13.6. The molecule has 0 saturated heterocycles. The molecule has 23 heavy (non-hydrogen) atoms. The molecule has 0 aromatic carbocycles. The van der Waals surface area contributed by atoms with Gasteiger partial charge in [-0.2, -0.15) is 0 Å². The van der Waals surface area contributed by atoms with Crippen molar-refractivity contribution in [2.45, 2.75) is 26.8 Å². The first-order valence-electron chi connectivity index (χ1n) is 7.61. The second kappa shape index (κ2) is 10.9. The maximum atomic E-state index is 4.55. The van der Waals surface area contributed by atoms with Gasteiger partial charge in [0.2, 0.25) is 0 Å². The molecule has 2 aromatic heterocycles. The van der Waals surface area contributed by atoms with Crippen LogP contribution in [0, 0.1) is 6.92 Å². The number of aryl methyl sites for hydroxylation is 1. The van der Waals surface area contributed by atoms with Gasteiger partial charge in [0, 0.05) is 31.2 Å². The largest absolute Gasteiger partial charge is 0.357 e. The summed E-state index contributed by atoms with van der Waals surface area (Å²) in [5.74, 6) is 0.813. The van der Waals surface area contributed by atoms with Crippen molar-refractivity contribution in [3.05, 3.63) is 59.7 Å². The number of pyridine rings is 2. The number of aromatic nitrogens is 2. The summed E-state index contributed by atoms with van der Waals surface area (Å²) >= 11 is 0. The second-order valence-electron chi connectivity index (χ2n) is 5.00. The first-order valence-corrected chi connectivity index (χ1v) is 7.61. The molecule has 0 spiro atoms. The predicted octanol–water partition coefficient (Wildman–Crippen LogP) is 2.70. The van der Waals surface area contributed by atoms with Crippen molar-refractivity contribution >= 4 is 29.9 Å². The van der Waals surface area contributed by atoms with E-state index in [9.17, 15) is 0 Å². The minimum absolute atomic E-state index is 0. The normalized spacial score (nSPS) is 10.8. The number of hydrogen-bond donors (Lipinski definition) is 2. The molecule has 0 fully saturated rings. The Morgan fingerprint density at radius 3 is 2.65 bits per heavy atom. The summed E-state index contributed by atoms with van der Waals surface area (Å²) in [4.78, 5) is 13.1. The van der Waals surface area contributed by atoms with E-state index in [1.165, 1.54) is 5.56 Å². The molecule has 0 atom stereocenters. The van der Waals surface area contributed by atoms with E-state index in [2.05, 4.69) is 38.6 Å². The number of guanidine groups is 1. The van der Waals surface area contributed by atoms with E-state index in [0.29, 0.717) is 6.54 Å². The lowest BCUT2D eigenvalue weighted by Gasteiger charge is -2.11. The van der Waals surface area contributed by atoms with Gasteiger partial charge in [0.1, 0.15) is 0 Å². The van der Waals surface area contributed by atoms with Crippen LogP contribution in [-0.4, -0.2) is 29.0 Å². The number of aliphatic imine (C=N–C) groups is 1. The highest BCUT2D eigenvalue weighted by atomic mass is 127. The molecule has 0 unspecified atom stereocenters. The maximum Gasteiger partial charge on any atom is 0.191 e. The Bertz CT molecular complexity index is 584. The van der Waals surface area contributed by atoms with Crippen LogP contribution in [0.1, 0.15) is 23.9 Å². The smallest absolute Gasteiger partial charge is 0.191 e. The molecule has 6 heteroatoms. The lowest BCUT2D eigenvalue weighted by Crippen LogP contribution is -2.38. The average molecular weight is 425 g/mol. The Kier molecular flexibility index (Phi) is 9.20. The van der Waals surface area contributed by atoms with E-state index >= 15 is 0 Å². The topological polar surface area (TPSA) is 62.2 Å². The average Bonchev–Trinajstić information content (AvgIpc) is 2.55. The van der Waals surface area contributed by atoms with E-state index in [1.807, 2.05) is 37.4 Å². The minimum Gasteiger partial charge on any atom is -0.357 e. The highest BCUT2D eigenvalue weighted by Gasteiger charge is 1.99. The third-order valence-corrected chi connectivity index (χ3v) is 3.15. The predicted molar refractivity (Wildman–Crippen MR) is 105 cm³/mol. The molecule has 0 saturated carbocycles. The van der Waals surface area contributed by atoms with Crippen LogP contribution in [-0.2, 0) is 13.0 Å². The van der Waals surface area contributed by atoms with Crippen LogP contribution in [0.3, 0.4) is 0 Å². The van der Waals surface area contributed by atoms with Crippen LogP contribution in [0.2, 0.25) is 0 Å². The number of hydrogen-bond acceptors (Lipinski definition) is 3. The number of nitrogens with zero attached hydrogens (tertiary/aromatic N) is 3. The van der Waals surface area contributed by atoms with Crippen LogP contribution in [0.15, 0.2) is 47.7 Å². The Morgan fingerprint density at radius 1 is 1.13 bits per heavy atom. The Labute approximate surface area is 155 Å². The number of rotatable bonds is 6. The third kappa shape index (κ3) is 7.40. The molecule has 5 nitrogen and oxygen atoms in total. The first kappa shape index (κ1) is 19.3. The summed E-state index contributed by atoms with van der Waals surface area (Å²) in [6.45, 7) is 6.28. The van der Waals surface area contributed by atoms with Crippen molar-refractivity contribution in [2.24, 2.45) is 4.99 Å². The van der Waals surface area contributed by atoms with Crippen molar-refractivity contribution in [1.82, 2.24) is 20.6 Å². The summed E-state index contributed by atoms with van der Waals surface area (Å²) in [5.41, 5.74) is 3.23. The van der Waals surface area contributed by atoms with Gasteiger partial charge >= 0.3 is 0 Å². The Hall–Kier alpha value is -1.70. The van der Waals surface area contributed by atoms with Crippen LogP contribution in [0.5, 0.6) is 0 Å². The zero-order valence-corrected chi connectivity index (χ0v) is 16.0. The lowest BCUT2D eigenvalue weighted by atomic mass is 10.2. The minimum atomic E-state index is 0. The highest BCUT2D eigenvalue weighted by molar-refractivity contribution is 14.0. The standard InChI is InChI=1S/C17H23N5.HI/c1-3-18-17(22-13-16-6-4-5-10-19-16)20-11-9-15-8-7-14(2)21-12-15;/h4-8,10,12H,3,9,11,13H2,1-2H3,(H2,18,20,22);1H. The van der Waals surface area contributed by atoms with Gasteiger partial charge in [-0.15, -0.1) is 24.0 Å². The maximum absolute atomic E-state index is 4.55. The van der Waals surface area contributed by atoms with Crippen LogP contribution >= 0.6 is 24.0 Å². The summed E-state index contributed by atoms with van der Waals surface area (Å²) in [6, 6.07) is 10.0. The Balaban J connectivity index is 0.00000264.